The summed E-state index contributed by atoms with van der Waals surface area (Å²) in [5.74, 6) is -8.26. The molecule has 0 bridgehead atoms. The molecule has 0 unspecified atom stereocenters. The molecule has 0 aliphatic heterocycles. The number of nitrogens with zero attached hydrogens (tertiary/aromatic N) is 1. The van der Waals surface area contributed by atoms with Crippen LogP contribution in [0.4, 0.5) is 39.5 Å². The predicted octanol–water partition coefficient (Wildman–Crippen LogP) is 6.46. The van der Waals surface area contributed by atoms with Crippen molar-refractivity contribution in [2.24, 2.45) is 0 Å². The molecule has 0 saturated heterocycles. The second kappa shape index (κ2) is 22.9. The monoisotopic (exact) mass is 882 g/mol. The van der Waals surface area contributed by atoms with Gasteiger partial charge in [-0.1, -0.05) is 72.0 Å². The topological polar surface area (TPSA) is 222 Å². The van der Waals surface area contributed by atoms with Crippen LogP contribution in [0.5, 0.6) is 5.75 Å². The van der Waals surface area contributed by atoms with Crippen LogP contribution in [0, 0.1) is 0 Å². The van der Waals surface area contributed by atoms with Gasteiger partial charge < -0.3 is 41.2 Å². The van der Waals surface area contributed by atoms with Gasteiger partial charge in [0.2, 0.25) is 0 Å². The van der Waals surface area contributed by atoms with Crippen molar-refractivity contribution in [3.63, 3.8) is 0 Å². The fourth-order valence-corrected chi connectivity index (χ4v) is 5.59. The fourth-order valence-electron chi connectivity index (χ4n) is 4.68. The number of carboxylic acid groups (broad SMARTS) is 3. The predicted molar refractivity (Wildman–Crippen MR) is 198 cm³/mol. The van der Waals surface area contributed by atoms with E-state index in [1.54, 1.807) is 6.07 Å². The lowest BCUT2D eigenvalue weighted by atomic mass is 9.98. The minimum Gasteiger partial charge on any atom is -0.506 e. The summed E-state index contributed by atoms with van der Waals surface area (Å²) in [6.07, 6.45) is -12.5. The Kier molecular flexibility index (Phi) is 19.2. The Morgan fingerprint density at radius 3 is 1.78 bits per heavy atom. The average Bonchev–Trinajstić information content (AvgIpc) is 3.58. The first-order valence-electron chi connectivity index (χ1n) is 16.8. The summed E-state index contributed by atoms with van der Waals surface area (Å²) in [6, 6.07) is 26.3. The third-order valence-corrected chi connectivity index (χ3v) is 8.42. The molecule has 0 fully saturated rings. The summed E-state index contributed by atoms with van der Waals surface area (Å²) in [5.41, 5.74) is 6.99. The normalized spacial score (nSPS) is 11.8. The van der Waals surface area contributed by atoms with Crippen LogP contribution in [-0.2, 0) is 33.8 Å². The minimum atomic E-state index is -5.08. The number of rotatable bonds is 12. The molecule has 0 saturated carbocycles. The van der Waals surface area contributed by atoms with Crippen molar-refractivity contribution in [2.75, 3.05) is 19.6 Å². The van der Waals surface area contributed by atoms with Gasteiger partial charge in [-0.3, -0.25) is 9.78 Å². The van der Waals surface area contributed by atoms with E-state index in [4.69, 9.17) is 29.7 Å². The summed E-state index contributed by atoms with van der Waals surface area (Å²) in [7, 11) is 0. The number of aliphatic hydroxyl groups is 1. The molecular weight excluding hydrogens is 847 g/mol. The summed E-state index contributed by atoms with van der Waals surface area (Å²) >= 11 is 0.997. The number of H-pyrrole nitrogens is 1. The Bertz CT molecular complexity index is 2140. The summed E-state index contributed by atoms with van der Waals surface area (Å²) < 4.78 is 95.8. The van der Waals surface area contributed by atoms with Crippen LogP contribution in [0.25, 0.3) is 21.3 Å². The highest BCUT2D eigenvalue weighted by atomic mass is 32.1. The first-order valence-corrected chi connectivity index (χ1v) is 17.6. The van der Waals surface area contributed by atoms with Crippen molar-refractivity contribution in [2.45, 2.75) is 44.0 Å². The maximum Gasteiger partial charge on any atom is 0.490 e. The number of hydrogen-bond acceptors (Lipinski definition) is 10. The number of carbonyl (C=O) groups is 3. The van der Waals surface area contributed by atoms with E-state index >= 15 is 0 Å². The van der Waals surface area contributed by atoms with Crippen LogP contribution in [0.3, 0.4) is 0 Å². The number of aromatic amines is 1. The van der Waals surface area contributed by atoms with Gasteiger partial charge in [0.25, 0.3) is 0 Å². The number of aliphatic carboxylic acids is 3. The van der Waals surface area contributed by atoms with Crippen LogP contribution in [0.1, 0.15) is 28.5 Å². The van der Waals surface area contributed by atoms with E-state index in [0.717, 1.165) is 43.0 Å². The number of aliphatic hydroxyl groups excluding tert-OH is 1. The smallest absolute Gasteiger partial charge is 0.490 e. The second-order valence-corrected chi connectivity index (χ2v) is 12.9. The van der Waals surface area contributed by atoms with E-state index in [0.29, 0.717) is 28.9 Å². The molecule has 23 heteroatoms. The number of phenolic OH excluding ortho intramolecular Hbond substituents is 1. The van der Waals surface area contributed by atoms with Gasteiger partial charge in [0.15, 0.2) is 0 Å². The molecular formula is C37H35F9N4O9S. The molecule has 2 heterocycles. The molecule has 0 aliphatic rings. The van der Waals surface area contributed by atoms with Gasteiger partial charge in [-0.2, -0.15) is 39.5 Å². The highest BCUT2D eigenvalue weighted by Gasteiger charge is 2.39. The summed E-state index contributed by atoms with van der Waals surface area (Å²) in [5, 5.41) is 48.9. The number of thiazole rings is 1. The molecule has 1 atom stereocenters. The van der Waals surface area contributed by atoms with Crippen molar-refractivity contribution in [3.05, 3.63) is 117 Å². The van der Waals surface area contributed by atoms with Crippen molar-refractivity contribution < 1.29 is 79.4 Å². The Hall–Kier alpha value is -6.04. The first-order chi connectivity index (χ1) is 27.9. The third kappa shape index (κ3) is 17.4. The van der Waals surface area contributed by atoms with Gasteiger partial charge in [0, 0.05) is 43.5 Å². The van der Waals surface area contributed by atoms with E-state index in [9.17, 15) is 54.5 Å². The molecule has 2 aromatic heterocycles. The number of hydrogen-bond donors (Lipinski definition) is 8. The number of carboxylic acids is 3. The van der Waals surface area contributed by atoms with Gasteiger partial charge in [-0.25, -0.2) is 14.4 Å². The maximum atomic E-state index is 11.7. The SMILES string of the molecule is O=C(O)C(F)(F)F.O=C(O)C(F)(F)F.O=C(O)C(F)(F)F.O=c1[nH]c2c(O)ccc([C@@H](O)CNCCc3ccc(-c4ccccc4CNCCc4ccccn4)cc3)c2s1. The van der Waals surface area contributed by atoms with E-state index < -0.39 is 42.5 Å². The highest BCUT2D eigenvalue weighted by molar-refractivity contribution is 7.16. The first kappa shape index (κ1) is 50.1. The lowest BCUT2D eigenvalue weighted by molar-refractivity contribution is -0.193. The number of pyridine rings is 1. The number of aromatic hydroxyl groups is 1. The van der Waals surface area contributed by atoms with E-state index in [-0.39, 0.29) is 10.6 Å². The molecule has 8 N–H and O–H groups in total. The van der Waals surface area contributed by atoms with Crippen molar-refractivity contribution in [1.82, 2.24) is 20.6 Å². The van der Waals surface area contributed by atoms with Gasteiger partial charge in [-0.05, 0) is 53.4 Å². The molecule has 60 heavy (non-hydrogen) atoms. The number of fused-ring (bicyclic) bond motifs is 1. The van der Waals surface area contributed by atoms with Crippen LogP contribution in [0.15, 0.2) is 89.9 Å². The van der Waals surface area contributed by atoms with E-state index in [1.165, 1.54) is 28.3 Å². The Balaban J connectivity index is 0.000000485. The number of halogens is 9. The number of phenols is 1. The standard InChI is InChI=1S/C31H32N4O3S.3C2HF3O2/c36-27-13-12-26(30-29(27)35-31(38)39-30)28(37)20-33-17-14-21-8-10-22(11-9-21)25-7-2-1-5-23(25)19-32-18-15-24-6-3-4-16-34-24;3*3-2(4,5)1(6)7/h1-13,16,28,32-33,36-37H,14-15,17-20H2,(H,35,38);3*(H,6,7)/t28-;;;/m0.../s1. The molecule has 326 valence electrons. The molecule has 0 radical (unpaired) electrons. The van der Waals surface area contributed by atoms with E-state index in [2.05, 4.69) is 75.2 Å². The lowest BCUT2D eigenvalue weighted by Gasteiger charge is -2.14. The Morgan fingerprint density at radius 2 is 1.25 bits per heavy atom. The highest BCUT2D eigenvalue weighted by Crippen LogP contribution is 2.31. The van der Waals surface area contributed by atoms with Crippen molar-refractivity contribution in [3.8, 4) is 16.9 Å². The zero-order chi connectivity index (χ0) is 45.3. The van der Waals surface area contributed by atoms with Crippen LogP contribution >= 0.6 is 11.3 Å². The van der Waals surface area contributed by atoms with Crippen LogP contribution in [-0.4, -0.2) is 91.6 Å². The zero-order valence-corrected chi connectivity index (χ0v) is 31.3. The molecule has 0 aliphatic carbocycles. The molecule has 0 amide bonds. The molecule has 0 spiro atoms. The van der Waals surface area contributed by atoms with Gasteiger partial charge in [-0.15, -0.1) is 0 Å². The minimum absolute atomic E-state index is 0.00945. The zero-order valence-electron chi connectivity index (χ0n) is 30.5. The Labute approximate surface area is 336 Å². The van der Waals surface area contributed by atoms with Gasteiger partial charge in [0.1, 0.15) is 11.3 Å². The largest absolute Gasteiger partial charge is 0.506 e. The van der Waals surface area contributed by atoms with Crippen molar-refractivity contribution in [1.29, 1.82) is 0 Å². The number of benzene rings is 3. The van der Waals surface area contributed by atoms with E-state index in [1.807, 2.05) is 18.3 Å². The quantitative estimate of drug-likeness (QED) is 0.0500. The average molecular weight is 883 g/mol. The van der Waals surface area contributed by atoms with Crippen LogP contribution < -0.4 is 15.5 Å². The van der Waals surface area contributed by atoms with Crippen molar-refractivity contribution >= 4 is 39.5 Å². The molecule has 3 aromatic carbocycles. The Morgan fingerprint density at radius 1 is 0.717 bits per heavy atom. The number of aromatic nitrogens is 2. The maximum absolute atomic E-state index is 11.7. The van der Waals surface area contributed by atoms with Crippen LogP contribution in [0.2, 0.25) is 0 Å². The summed E-state index contributed by atoms with van der Waals surface area (Å²) in [6.45, 7) is 2.72. The lowest BCUT2D eigenvalue weighted by Crippen LogP contribution is -2.23. The molecule has 5 aromatic rings. The number of nitrogens with one attached hydrogen (secondary N) is 3. The third-order valence-electron chi connectivity index (χ3n) is 7.48. The molecule has 13 nitrogen and oxygen atoms in total. The summed E-state index contributed by atoms with van der Waals surface area (Å²) in [4.78, 5) is 45.2. The van der Waals surface area contributed by atoms with Gasteiger partial charge >= 0.3 is 41.3 Å². The van der Waals surface area contributed by atoms with Gasteiger partial charge in [0.05, 0.1) is 10.8 Å². The fraction of sp³-hybridized carbons (Fsp3) is 0.270. The number of alkyl halides is 9. The second-order valence-electron chi connectivity index (χ2n) is 11.9. The molecule has 5 rings (SSSR count).